The molecule has 0 aliphatic carbocycles. The van der Waals surface area contributed by atoms with Crippen LogP contribution in [-0.4, -0.2) is 23.7 Å². The van der Waals surface area contributed by atoms with Crippen molar-refractivity contribution >= 4 is 11.6 Å². The number of rotatable bonds is 4. The minimum atomic E-state index is -0.146. The maximum absolute atomic E-state index is 11.8. The Morgan fingerprint density at radius 2 is 1.94 bits per heavy atom. The molecule has 1 aromatic rings. The van der Waals surface area contributed by atoms with Crippen molar-refractivity contribution in [1.29, 1.82) is 0 Å². The van der Waals surface area contributed by atoms with Crippen molar-refractivity contribution in [3.63, 3.8) is 0 Å². The molecule has 1 amide bonds. The van der Waals surface area contributed by atoms with E-state index >= 15 is 0 Å². The minimum Gasteiger partial charge on any atom is -0.399 e. The Kier molecular flexibility index (Phi) is 4.31. The van der Waals surface area contributed by atoms with E-state index in [1.807, 2.05) is 13.8 Å². The van der Waals surface area contributed by atoms with E-state index in [-0.39, 0.29) is 24.5 Å². The lowest BCUT2D eigenvalue weighted by molar-refractivity contribution is 0.0916. The Hall–Kier alpha value is -1.55. The molecule has 2 unspecified atom stereocenters. The van der Waals surface area contributed by atoms with Crippen molar-refractivity contribution in [3.8, 4) is 0 Å². The van der Waals surface area contributed by atoms with Crippen LogP contribution < -0.4 is 11.1 Å². The van der Waals surface area contributed by atoms with Gasteiger partial charge in [-0.25, -0.2) is 0 Å². The third-order valence-corrected chi connectivity index (χ3v) is 2.67. The molecular weight excluding hydrogens is 204 g/mol. The number of aliphatic hydroxyl groups excluding tert-OH is 1. The van der Waals surface area contributed by atoms with Gasteiger partial charge in [0.1, 0.15) is 0 Å². The second-order valence-electron chi connectivity index (χ2n) is 4.04. The summed E-state index contributed by atoms with van der Waals surface area (Å²) in [6.45, 7) is 3.81. The standard InChI is InChI=1S/C12H18N2O2/c1-8(7-15)9(2)14-12(16)10-3-5-11(13)6-4-10/h3-6,8-9,15H,7,13H2,1-2H3,(H,14,16). The molecule has 4 N–H and O–H groups in total. The molecule has 0 heterocycles. The predicted octanol–water partition coefficient (Wildman–Crippen LogP) is 1.02. The summed E-state index contributed by atoms with van der Waals surface area (Å²) in [7, 11) is 0. The zero-order valence-corrected chi connectivity index (χ0v) is 9.60. The maximum atomic E-state index is 11.8. The Bertz CT molecular complexity index is 349. The van der Waals surface area contributed by atoms with Crippen LogP contribution in [-0.2, 0) is 0 Å². The number of carbonyl (C=O) groups is 1. The highest BCUT2D eigenvalue weighted by atomic mass is 16.3. The number of hydrogen-bond acceptors (Lipinski definition) is 3. The summed E-state index contributed by atoms with van der Waals surface area (Å²) >= 11 is 0. The van der Waals surface area contributed by atoms with Gasteiger partial charge >= 0.3 is 0 Å². The summed E-state index contributed by atoms with van der Waals surface area (Å²) in [5.41, 5.74) is 6.74. The van der Waals surface area contributed by atoms with E-state index in [0.717, 1.165) is 0 Å². The monoisotopic (exact) mass is 222 g/mol. The third-order valence-electron chi connectivity index (χ3n) is 2.67. The zero-order chi connectivity index (χ0) is 12.1. The van der Waals surface area contributed by atoms with Gasteiger partial charge in [0, 0.05) is 23.9 Å². The highest BCUT2D eigenvalue weighted by Gasteiger charge is 2.14. The molecule has 0 fully saturated rings. The van der Waals surface area contributed by atoms with Gasteiger partial charge in [0.25, 0.3) is 5.91 Å². The molecule has 4 heteroatoms. The first kappa shape index (κ1) is 12.5. The van der Waals surface area contributed by atoms with E-state index in [4.69, 9.17) is 10.8 Å². The van der Waals surface area contributed by atoms with E-state index in [0.29, 0.717) is 11.3 Å². The zero-order valence-electron chi connectivity index (χ0n) is 9.60. The molecule has 0 aliphatic rings. The SMILES string of the molecule is CC(CO)C(C)NC(=O)c1ccc(N)cc1. The maximum Gasteiger partial charge on any atom is 0.251 e. The van der Waals surface area contributed by atoms with Crippen LogP contribution in [0.25, 0.3) is 0 Å². The smallest absolute Gasteiger partial charge is 0.251 e. The number of hydrogen-bond donors (Lipinski definition) is 3. The number of benzene rings is 1. The molecule has 88 valence electrons. The third kappa shape index (κ3) is 3.24. The molecular formula is C12H18N2O2. The summed E-state index contributed by atoms with van der Waals surface area (Å²) in [4.78, 5) is 11.8. The van der Waals surface area contributed by atoms with E-state index in [1.54, 1.807) is 24.3 Å². The van der Waals surface area contributed by atoms with Crippen LogP contribution >= 0.6 is 0 Å². The fourth-order valence-electron chi connectivity index (χ4n) is 1.22. The van der Waals surface area contributed by atoms with Crippen LogP contribution in [0.15, 0.2) is 24.3 Å². The van der Waals surface area contributed by atoms with Crippen molar-refractivity contribution in [3.05, 3.63) is 29.8 Å². The van der Waals surface area contributed by atoms with Gasteiger partial charge in [0.05, 0.1) is 0 Å². The molecule has 0 bridgehead atoms. The molecule has 0 spiro atoms. The highest BCUT2D eigenvalue weighted by Crippen LogP contribution is 2.07. The molecule has 0 saturated heterocycles. The number of nitrogens with two attached hydrogens (primary N) is 1. The highest BCUT2D eigenvalue weighted by molar-refractivity contribution is 5.94. The number of aliphatic hydroxyl groups is 1. The van der Waals surface area contributed by atoms with Gasteiger partial charge in [-0.1, -0.05) is 6.92 Å². The van der Waals surface area contributed by atoms with Gasteiger partial charge < -0.3 is 16.2 Å². The van der Waals surface area contributed by atoms with Gasteiger partial charge in [0.2, 0.25) is 0 Å². The summed E-state index contributed by atoms with van der Waals surface area (Å²) in [6.07, 6.45) is 0. The fraction of sp³-hybridized carbons (Fsp3) is 0.417. The summed E-state index contributed by atoms with van der Waals surface area (Å²) in [6, 6.07) is 6.68. The molecule has 0 saturated carbocycles. The molecule has 0 aromatic heterocycles. The van der Waals surface area contributed by atoms with Crippen LogP contribution in [0.2, 0.25) is 0 Å². The van der Waals surface area contributed by atoms with Crippen molar-refractivity contribution < 1.29 is 9.90 Å². The summed E-state index contributed by atoms with van der Waals surface area (Å²) < 4.78 is 0. The van der Waals surface area contributed by atoms with Gasteiger partial charge in [-0.15, -0.1) is 0 Å². The van der Waals surface area contributed by atoms with E-state index in [1.165, 1.54) is 0 Å². The van der Waals surface area contributed by atoms with Crippen molar-refractivity contribution in [2.45, 2.75) is 19.9 Å². The van der Waals surface area contributed by atoms with E-state index < -0.39 is 0 Å². The number of nitrogens with one attached hydrogen (secondary N) is 1. The topological polar surface area (TPSA) is 75.3 Å². The molecule has 2 atom stereocenters. The van der Waals surface area contributed by atoms with Crippen molar-refractivity contribution in [2.24, 2.45) is 5.92 Å². The van der Waals surface area contributed by atoms with Crippen LogP contribution in [0, 0.1) is 5.92 Å². The molecule has 0 radical (unpaired) electrons. The quantitative estimate of drug-likeness (QED) is 0.666. The average molecular weight is 222 g/mol. The van der Waals surface area contributed by atoms with Crippen molar-refractivity contribution in [2.75, 3.05) is 12.3 Å². The minimum absolute atomic E-state index is 0.0396. The largest absolute Gasteiger partial charge is 0.399 e. The van der Waals surface area contributed by atoms with Crippen LogP contribution in [0.3, 0.4) is 0 Å². The van der Waals surface area contributed by atoms with E-state index in [9.17, 15) is 4.79 Å². The average Bonchev–Trinajstić information content (AvgIpc) is 2.28. The first-order chi connectivity index (χ1) is 7.54. The summed E-state index contributed by atoms with van der Waals surface area (Å²) in [5, 5.41) is 11.8. The Balaban J connectivity index is 2.62. The van der Waals surface area contributed by atoms with Crippen LogP contribution in [0.5, 0.6) is 0 Å². The lowest BCUT2D eigenvalue weighted by Crippen LogP contribution is -2.38. The first-order valence-electron chi connectivity index (χ1n) is 5.32. The lowest BCUT2D eigenvalue weighted by atomic mass is 10.0. The van der Waals surface area contributed by atoms with E-state index in [2.05, 4.69) is 5.32 Å². The number of anilines is 1. The number of nitrogen functional groups attached to an aromatic ring is 1. The van der Waals surface area contributed by atoms with Crippen LogP contribution in [0.1, 0.15) is 24.2 Å². The molecule has 1 aromatic carbocycles. The number of amides is 1. The second kappa shape index (κ2) is 5.51. The molecule has 4 nitrogen and oxygen atoms in total. The first-order valence-corrected chi connectivity index (χ1v) is 5.32. The van der Waals surface area contributed by atoms with Crippen molar-refractivity contribution in [1.82, 2.24) is 5.32 Å². The van der Waals surface area contributed by atoms with Gasteiger partial charge in [-0.05, 0) is 37.1 Å². The predicted molar refractivity (Wildman–Crippen MR) is 64.0 cm³/mol. The van der Waals surface area contributed by atoms with Gasteiger partial charge in [-0.2, -0.15) is 0 Å². The molecule has 16 heavy (non-hydrogen) atoms. The normalized spacial score (nSPS) is 14.2. The Morgan fingerprint density at radius 1 is 1.38 bits per heavy atom. The second-order valence-corrected chi connectivity index (χ2v) is 4.04. The molecule has 0 aliphatic heterocycles. The van der Waals surface area contributed by atoms with Gasteiger partial charge in [-0.3, -0.25) is 4.79 Å². The lowest BCUT2D eigenvalue weighted by Gasteiger charge is -2.19. The van der Waals surface area contributed by atoms with Crippen LogP contribution in [0.4, 0.5) is 5.69 Å². The van der Waals surface area contributed by atoms with Gasteiger partial charge in [0.15, 0.2) is 0 Å². The Morgan fingerprint density at radius 3 is 2.44 bits per heavy atom. The fourth-order valence-corrected chi connectivity index (χ4v) is 1.22. The Labute approximate surface area is 95.5 Å². The number of carbonyl (C=O) groups excluding carboxylic acids is 1. The molecule has 1 rings (SSSR count). The summed E-state index contributed by atoms with van der Waals surface area (Å²) in [5.74, 6) is -0.106.